The largest absolute Gasteiger partial charge is 0.456 e. The third-order valence-electron chi connectivity index (χ3n) is 3.78. The van der Waals surface area contributed by atoms with E-state index in [9.17, 15) is 14.4 Å². The maximum atomic E-state index is 12.5. The number of ether oxygens (including phenoxy) is 1. The van der Waals surface area contributed by atoms with E-state index in [1.54, 1.807) is 24.3 Å². The fourth-order valence-corrected chi connectivity index (χ4v) is 2.26. The Morgan fingerprint density at radius 2 is 1.79 bits per heavy atom. The molecule has 2 rings (SSSR count). The summed E-state index contributed by atoms with van der Waals surface area (Å²) in [6.45, 7) is 1.12. The highest BCUT2D eigenvalue weighted by molar-refractivity contribution is 6.00. The molecule has 8 heteroatoms. The molecule has 0 spiro atoms. The number of amides is 1. The number of carbonyl (C=O) groups excluding carboxylic acids is 3. The van der Waals surface area contributed by atoms with Crippen LogP contribution >= 0.6 is 0 Å². The summed E-state index contributed by atoms with van der Waals surface area (Å²) in [5.41, 5.74) is 2.32. The van der Waals surface area contributed by atoms with Crippen molar-refractivity contribution in [1.29, 1.82) is 0 Å². The van der Waals surface area contributed by atoms with E-state index in [2.05, 4.69) is 20.3 Å². The average Bonchev–Trinajstić information content (AvgIpc) is 2.70. The quantitative estimate of drug-likeness (QED) is 0.430. The van der Waals surface area contributed by atoms with E-state index >= 15 is 0 Å². The normalized spacial score (nSPS) is 11.7. The van der Waals surface area contributed by atoms with Gasteiger partial charge in [0.1, 0.15) is 12.6 Å². The van der Waals surface area contributed by atoms with E-state index < -0.39 is 17.9 Å². The lowest BCUT2D eigenvalue weighted by Gasteiger charge is -2.13. The number of nitrogens with zero attached hydrogens (tertiary/aromatic N) is 3. The number of anilines is 1. The van der Waals surface area contributed by atoms with Crippen molar-refractivity contribution < 1.29 is 19.1 Å². The third-order valence-corrected chi connectivity index (χ3v) is 3.78. The Labute approximate surface area is 163 Å². The molecule has 1 amide bonds. The molecule has 0 saturated carbocycles. The SMILES string of the molecule is C[C@H](NC(=O)c1ccccc1N=Nc1ccc(N(C)C)cc1)C(=O)OCC=O. The van der Waals surface area contributed by atoms with E-state index in [4.69, 9.17) is 0 Å². The van der Waals surface area contributed by atoms with Crippen LogP contribution in [0.2, 0.25) is 0 Å². The predicted molar refractivity (Wildman–Crippen MR) is 105 cm³/mol. The molecule has 0 unspecified atom stereocenters. The number of benzene rings is 2. The predicted octanol–water partition coefficient (Wildman–Crippen LogP) is 3.03. The van der Waals surface area contributed by atoms with Gasteiger partial charge in [0, 0.05) is 19.8 Å². The summed E-state index contributed by atoms with van der Waals surface area (Å²) in [5, 5.41) is 10.9. The highest BCUT2D eigenvalue weighted by Crippen LogP contribution is 2.24. The molecule has 0 aliphatic heterocycles. The summed E-state index contributed by atoms with van der Waals surface area (Å²) in [5.74, 6) is -1.19. The van der Waals surface area contributed by atoms with Crippen molar-refractivity contribution in [1.82, 2.24) is 5.32 Å². The molecule has 0 saturated heterocycles. The number of hydrogen-bond donors (Lipinski definition) is 1. The molecule has 0 aliphatic rings. The molecule has 8 nitrogen and oxygen atoms in total. The molecule has 1 N–H and O–H groups in total. The maximum absolute atomic E-state index is 12.5. The minimum absolute atomic E-state index is 0.270. The number of azo groups is 1. The standard InChI is InChI=1S/C20H22N4O4/c1-14(20(27)28-13-12-25)21-19(26)17-6-4-5-7-18(17)23-22-15-8-10-16(11-9-15)24(2)3/h4-12,14H,13H2,1-3H3,(H,21,26)/t14-/m0/s1. The van der Waals surface area contributed by atoms with Gasteiger partial charge in [0.05, 0.1) is 16.9 Å². The molecule has 1 atom stereocenters. The molecule has 28 heavy (non-hydrogen) atoms. The van der Waals surface area contributed by atoms with Gasteiger partial charge in [-0.05, 0) is 43.3 Å². The lowest BCUT2D eigenvalue weighted by molar-refractivity contribution is -0.147. The van der Waals surface area contributed by atoms with Gasteiger partial charge in [0.25, 0.3) is 5.91 Å². The number of esters is 1. The molecular weight excluding hydrogens is 360 g/mol. The van der Waals surface area contributed by atoms with Crippen molar-refractivity contribution in [2.75, 3.05) is 25.6 Å². The van der Waals surface area contributed by atoms with E-state index in [0.717, 1.165) is 5.69 Å². The van der Waals surface area contributed by atoms with Crippen LogP contribution in [-0.2, 0) is 14.3 Å². The monoisotopic (exact) mass is 382 g/mol. The Bertz CT molecular complexity index is 863. The lowest BCUT2D eigenvalue weighted by Crippen LogP contribution is -2.39. The van der Waals surface area contributed by atoms with E-state index in [1.165, 1.54) is 6.92 Å². The van der Waals surface area contributed by atoms with Crippen molar-refractivity contribution in [2.24, 2.45) is 10.2 Å². The third kappa shape index (κ3) is 5.73. The second-order valence-electron chi connectivity index (χ2n) is 6.12. The maximum Gasteiger partial charge on any atom is 0.328 e. The van der Waals surface area contributed by atoms with Gasteiger partial charge in [0.2, 0.25) is 0 Å². The van der Waals surface area contributed by atoms with E-state index in [1.807, 2.05) is 43.3 Å². The summed E-state index contributed by atoms with van der Waals surface area (Å²) in [6.07, 6.45) is 0.465. The van der Waals surface area contributed by atoms with Gasteiger partial charge >= 0.3 is 5.97 Å². The number of nitrogens with one attached hydrogen (secondary N) is 1. The van der Waals surface area contributed by atoms with Gasteiger partial charge in [-0.1, -0.05) is 12.1 Å². The zero-order valence-electron chi connectivity index (χ0n) is 16.0. The van der Waals surface area contributed by atoms with Gasteiger partial charge < -0.3 is 15.0 Å². The van der Waals surface area contributed by atoms with Crippen LogP contribution in [-0.4, -0.2) is 44.9 Å². The molecule has 0 fully saturated rings. The minimum atomic E-state index is -0.906. The summed E-state index contributed by atoms with van der Waals surface area (Å²) in [7, 11) is 3.89. The topological polar surface area (TPSA) is 100 Å². The minimum Gasteiger partial charge on any atom is -0.456 e. The van der Waals surface area contributed by atoms with Crippen LogP contribution in [0.3, 0.4) is 0 Å². The van der Waals surface area contributed by atoms with Gasteiger partial charge in [-0.2, -0.15) is 5.11 Å². The lowest BCUT2D eigenvalue weighted by atomic mass is 10.1. The van der Waals surface area contributed by atoms with Crippen LogP contribution in [0.4, 0.5) is 17.1 Å². The second-order valence-corrected chi connectivity index (χ2v) is 6.12. The first-order valence-electron chi connectivity index (χ1n) is 8.61. The zero-order valence-corrected chi connectivity index (χ0v) is 16.0. The van der Waals surface area contributed by atoms with Crippen molar-refractivity contribution in [3.63, 3.8) is 0 Å². The van der Waals surface area contributed by atoms with Crippen LogP contribution in [0, 0.1) is 0 Å². The average molecular weight is 382 g/mol. The molecule has 0 heterocycles. The van der Waals surface area contributed by atoms with Gasteiger partial charge in [-0.15, -0.1) is 5.11 Å². The first-order chi connectivity index (χ1) is 13.4. The van der Waals surface area contributed by atoms with Crippen LogP contribution in [0.15, 0.2) is 58.8 Å². The van der Waals surface area contributed by atoms with Gasteiger partial charge in [0.15, 0.2) is 6.29 Å². The summed E-state index contributed by atoms with van der Waals surface area (Å²) < 4.78 is 4.68. The van der Waals surface area contributed by atoms with Crippen molar-refractivity contribution in [3.05, 3.63) is 54.1 Å². The smallest absolute Gasteiger partial charge is 0.328 e. The second kappa shape index (κ2) is 9.96. The van der Waals surface area contributed by atoms with Crippen molar-refractivity contribution in [2.45, 2.75) is 13.0 Å². The molecule has 2 aromatic rings. The van der Waals surface area contributed by atoms with Gasteiger partial charge in [-0.3, -0.25) is 9.59 Å². The van der Waals surface area contributed by atoms with Crippen molar-refractivity contribution >= 4 is 35.2 Å². The molecule has 0 aliphatic carbocycles. The zero-order chi connectivity index (χ0) is 20.5. The fraction of sp³-hybridized carbons (Fsp3) is 0.250. The Balaban J connectivity index is 2.12. The Morgan fingerprint density at radius 3 is 2.43 bits per heavy atom. The van der Waals surface area contributed by atoms with Crippen LogP contribution in [0.1, 0.15) is 17.3 Å². The van der Waals surface area contributed by atoms with Crippen molar-refractivity contribution in [3.8, 4) is 0 Å². The first kappa shape index (κ1) is 20.8. The molecule has 2 aromatic carbocycles. The Hall–Kier alpha value is -3.55. The van der Waals surface area contributed by atoms with E-state index in [-0.39, 0.29) is 12.2 Å². The molecule has 0 aromatic heterocycles. The highest BCUT2D eigenvalue weighted by Gasteiger charge is 2.19. The van der Waals surface area contributed by atoms with E-state index in [0.29, 0.717) is 17.7 Å². The molecule has 0 radical (unpaired) electrons. The summed E-state index contributed by atoms with van der Waals surface area (Å²) in [4.78, 5) is 36.4. The summed E-state index contributed by atoms with van der Waals surface area (Å²) >= 11 is 0. The molecule has 0 bridgehead atoms. The Kier molecular flexibility index (Phi) is 7.38. The first-order valence-corrected chi connectivity index (χ1v) is 8.61. The van der Waals surface area contributed by atoms with Crippen LogP contribution < -0.4 is 10.2 Å². The molecular formula is C20H22N4O4. The number of hydrogen-bond acceptors (Lipinski definition) is 7. The van der Waals surface area contributed by atoms with Gasteiger partial charge in [-0.25, -0.2) is 4.79 Å². The molecule has 146 valence electrons. The highest BCUT2D eigenvalue weighted by atomic mass is 16.5. The fourth-order valence-electron chi connectivity index (χ4n) is 2.26. The van der Waals surface area contributed by atoms with Crippen LogP contribution in [0.25, 0.3) is 0 Å². The number of aldehydes is 1. The number of rotatable bonds is 8. The summed E-state index contributed by atoms with van der Waals surface area (Å²) in [6, 6.07) is 13.2. The number of carbonyl (C=O) groups is 3. The Morgan fingerprint density at radius 1 is 1.11 bits per heavy atom. The van der Waals surface area contributed by atoms with Crippen LogP contribution in [0.5, 0.6) is 0 Å².